The second-order valence-electron chi connectivity index (χ2n) is 6.01. The minimum absolute atomic E-state index is 0.0733. The van der Waals surface area contributed by atoms with Gasteiger partial charge in [-0.05, 0) is 37.1 Å². The van der Waals surface area contributed by atoms with Crippen molar-refractivity contribution in [3.8, 4) is 5.75 Å². The second-order valence-corrected chi connectivity index (χ2v) is 6.01. The highest BCUT2D eigenvalue weighted by Crippen LogP contribution is 2.39. The van der Waals surface area contributed by atoms with E-state index in [4.69, 9.17) is 9.47 Å². The molecule has 0 bridgehead atoms. The van der Waals surface area contributed by atoms with Gasteiger partial charge in [-0.25, -0.2) is 0 Å². The lowest BCUT2D eigenvalue weighted by molar-refractivity contribution is -0.129. The van der Waals surface area contributed by atoms with Gasteiger partial charge < -0.3 is 9.47 Å². The number of carbonyl (C=O) groups excluding carboxylic acids is 1. The Hall–Kier alpha value is -1.35. The molecule has 1 saturated carbocycles. The molecule has 2 fully saturated rings. The van der Waals surface area contributed by atoms with Gasteiger partial charge in [-0.3, -0.25) is 4.79 Å². The van der Waals surface area contributed by atoms with Crippen LogP contribution in [0.25, 0.3) is 0 Å². The van der Waals surface area contributed by atoms with Crippen LogP contribution in [0.3, 0.4) is 0 Å². The zero-order valence-corrected chi connectivity index (χ0v) is 11.8. The lowest BCUT2D eigenvalue weighted by atomic mass is 9.79. The van der Waals surface area contributed by atoms with Crippen molar-refractivity contribution in [2.24, 2.45) is 0 Å². The summed E-state index contributed by atoms with van der Waals surface area (Å²) in [5.41, 5.74) is 0.761. The fraction of sp³-hybridized carbons (Fsp3) is 0.588. The molecule has 1 aromatic rings. The fourth-order valence-electron chi connectivity index (χ4n) is 3.45. The van der Waals surface area contributed by atoms with E-state index >= 15 is 0 Å². The summed E-state index contributed by atoms with van der Waals surface area (Å²) < 4.78 is 12.2. The van der Waals surface area contributed by atoms with E-state index < -0.39 is 0 Å². The van der Waals surface area contributed by atoms with Crippen LogP contribution in [-0.2, 0) is 4.74 Å². The van der Waals surface area contributed by atoms with Crippen LogP contribution in [0, 0.1) is 0 Å². The number of aldehydes is 1. The van der Waals surface area contributed by atoms with Crippen LogP contribution < -0.4 is 4.74 Å². The first-order valence-electron chi connectivity index (χ1n) is 7.66. The van der Waals surface area contributed by atoms with Gasteiger partial charge in [-0.2, -0.15) is 0 Å². The second kappa shape index (κ2) is 5.96. The summed E-state index contributed by atoms with van der Waals surface area (Å²) in [5, 5.41) is 0. The number of benzene rings is 1. The molecule has 3 rings (SSSR count). The molecule has 20 heavy (non-hydrogen) atoms. The molecule has 1 atom stereocenters. The number of hydrogen-bond donors (Lipinski definition) is 0. The van der Waals surface area contributed by atoms with Crippen molar-refractivity contribution < 1.29 is 14.3 Å². The van der Waals surface area contributed by atoms with Gasteiger partial charge in [-0.1, -0.05) is 19.3 Å². The van der Waals surface area contributed by atoms with E-state index in [-0.39, 0.29) is 11.7 Å². The van der Waals surface area contributed by atoms with Gasteiger partial charge in [-0.15, -0.1) is 0 Å². The summed E-state index contributed by atoms with van der Waals surface area (Å²) in [5.74, 6) is 0.855. The first-order valence-corrected chi connectivity index (χ1v) is 7.66. The van der Waals surface area contributed by atoms with Gasteiger partial charge in [0, 0.05) is 18.4 Å². The Morgan fingerprint density at radius 1 is 1.15 bits per heavy atom. The van der Waals surface area contributed by atoms with Gasteiger partial charge >= 0.3 is 0 Å². The first-order chi connectivity index (χ1) is 9.80. The minimum Gasteiger partial charge on any atom is -0.490 e. The van der Waals surface area contributed by atoms with E-state index in [1.807, 2.05) is 12.1 Å². The van der Waals surface area contributed by atoms with Gasteiger partial charge in [0.1, 0.15) is 18.1 Å². The number of rotatable bonds is 3. The van der Waals surface area contributed by atoms with E-state index in [9.17, 15) is 4.79 Å². The number of hydrogen-bond acceptors (Lipinski definition) is 3. The van der Waals surface area contributed by atoms with E-state index in [2.05, 4.69) is 0 Å². The zero-order valence-electron chi connectivity index (χ0n) is 11.8. The summed E-state index contributed by atoms with van der Waals surface area (Å²) in [6.45, 7) is 0.803. The summed E-state index contributed by atoms with van der Waals surface area (Å²) in [7, 11) is 0. The largest absolute Gasteiger partial charge is 0.490 e. The average Bonchev–Trinajstić information content (AvgIpc) is 2.49. The van der Waals surface area contributed by atoms with Crippen LogP contribution in [0.2, 0.25) is 0 Å². The Morgan fingerprint density at radius 3 is 2.60 bits per heavy atom. The quantitative estimate of drug-likeness (QED) is 0.787. The van der Waals surface area contributed by atoms with E-state index in [0.29, 0.717) is 5.56 Å². The highest BCUT2D eigenvalue weighted by molar-refractivity contribution is 5.74. The molecule has 3 heteroatoms. The molecule has 0 radical (unpaired) electrons. The van der Waals surface area contributed by atoms with Gasteiger partial charge in [0.2, 0.25) is 0 Å². The van der Waals surface area contributed by atoms with Crippen LogP contribution in [-0.4, -0.2) is 24.6 Å². The van der Waals surface area contributed by atoms with Crippen molar-refractivity contribution >= 4 is 6.29 Å². The number of carbonyl (C=O) groups is 1. The molecule has 108 valence electrons. The first kappa shape index (κ1) is 13.6. The predicted octanol–water partition coefficient (Wildman–Crippen LogP) is 3.76. The van der Waals surface area contributed by atoms with Gasteiger partial charge in [0.15, 0.2) is 0 Å². The maximum atomic E-state index is 10.7. The molecule has 1 unspecified atom stereocenters. The summed E-state index contributed by atoms with van der Waals surface area (Å²) in [4.78, 5) is 10.7. The van der Waals surface area contributed by atoms with Crippen molar-refractivity contribution in [3.63, 3.8) is 0 Å². The maximum Gasteiger partial charge on any atom is 0.150 e. The maximum absolute atomic E-state index is 10.7. The molecule has 1 heterocycles. The monoisotopic (exact) mass is 274 g/mol. The van der Waals surface area contributed by atoms with Crippen molar-refractivity contribution in [2.75, 3.05) is 6.61 Å². The van der Waals surface area contributed by atoms with Crippen molar-refractivity contribution in [1.82, 2.24) is 0 Å². The Morgan fingerprint density at radius 2 is 1.90 bits per heavy atom. The number of ether oxygens (including phenoxy) is 2. The Balaban J connectivity index is 1.63. The van der Waals surface area contributed by atoms with Gasteiger partial charge in [0.25, 0.3) is 0 Å². The molecule has 1 aliphatic carbocycles. The molecule has 0 amide bonds. The average molecular weight is 274 g/mol. The third-order valence-electron chi connectivity index (χ3n) is 4.53. The molecule has 0 N–H and O–H groups in total. The third kappa shape index (κ3) is 3.04. The third-order valence-corrected chi connectivity index (χ3v) is 4.53. The molecule has 1 aliphatic heterocycles. The molecule has 1 aromatic carbocycles. The summed E-state index contributed by atoms with van der Waals surface area (Å²) >= 11 is 0. The highest BCUT2D eigenvalue weighted by atomic mass is 16.5. The molecule has 2 aliphatic rings. The van der Waals surface area contributed by atoms with Crippen LogP contribution in [0.5, 0.6) is 5.75 Å². The molecule has 0 aromatic heterocycles. The highest BCUT2D eigenvalue weighted by Gasteiger charge is 2.39. The van der Waals surface area contributed by atoms with Crippen LogP contribution in [0.1, 0.15) is 55.3 Å². The molecule has 1 saturated heterocycles. The van der Waals surface area contributed by atoms with Crippen molar-refractivity contribution in [3.05, 3.63) is 29.8 Å². The van der Waals surface area contributed by atoms with Crippen molar-refractivity contribution in [2.45, 2.75) is 56.7 Å². The molecular formula is C17H22O3. The Labute approximate surface area is 120 Å². The Bertz CT molecular complexity index is 440. The standard InChI is InChI=1S/C17H22O3/c18-13-14-4-6-15(7-5-14)20-16-8-11-19-17(12-16)9-2-1-3-10-17/h4-7,13,16H,1-3,8-12H2. The minimum atomic E-state index is 0.0733. The normalized spacial score (nSPS) is 25.3. The van der Waals surface area contributed by atoms with E-state index in [1.165, 1.54) is 32.1 Å². The van der Waals surface area contributed by atoms with Crippen LogP contribution in [0.4, 0.5) is 0 Å². The fourth-order valence-corrected chi connectivity index (χ4v) is 3.45. The predicted molar refractivity (Wildman–Crippen MR) is 77.2 cm³/mol. The zero-order chi connectivity index (χ0) is 13.8. The lowest BCUT2D eigenvalue weighted by Gasteiger charge is -2.43. The Kier molecular flexibility index (Phi) is 4.06. The van der Waals surface area contributed by atoms with Gasteiger partial charge in [0.05, 0.1) is 12.2 Å². The summed E-state index contributed by atoms with van der Waals surface area (Å²) in [6, 6.07) is 7.37. The van der Waals surface area contributed by atoms with Crippen LogP contribution >= 0.6 is 0 Å². The SMILES string of the molecule is O=Cc1ccc(OC2CCOC3(CCCCC3)C2)cc1. The van der Waals surface area contributed by atoms with E-state index in [0.717, 1.165) is 31.5 Å². The van der Waals surface area contributed by atoms with Crippen LogP contribution in [0.15, 0.2) is 24.3 Å². The summed E-state index contributed by atoms with van der Waals surface area (Å²) in [6.07, 6.45) is 9.30. The molecular weight excluding hydrogens is 252 g/mol. The topological polar surface area (TPSA) is 35.5 Å². The van der Waals surface area contributed by atoms with E-state index in [1.54, 1.807) is 12.1 Å². The molecule has 3 nitrogen and oxygen atoms in total. The molecule has 1 spiro atoms. The smallest absolute Gasteiger partial charge is 0.150 e. The van der Waals surface area contributed by atoms with Crippen molar-refractivity contribution in [1.29, 1.82) is 0 Å². The lowest BCUT2D eigenvalue weighted by Crippen LogP contribution is -2.45.